The van der Waals surface area contributed by atoms with Crippen LogP contribution in [0.2, 0.25) is 10.0 Å². The Bertz CT molecular complexity index is 669. The average Bonchev–Trinajstić information content (AvgIpc) is 2.37. The van der Waals surface area contributed by atoms with Crippen LogP contribution >= 0.6 is 35.4 Å². The lowest BCUT2D eigenvalue weighted by molar-refractivity contribution is 0.262. The summed E-state index contributed by atoms with van der Waals surface area (Å²) < 4.78 is 0. The number of rotatable bonds is 3. The molecule has 0 aromatic heterocycles. The number of halogens is 2. The Morgan fingerprint density at radius 1 is 0.952 bits per heavy atom. The van der Waals surface area contributed by atoms with Gasteiger partial charge in [-0.3, -0.25) is 0 Å². The first-order valence-electron chi connectivity index (χ1n) is 5.88. The molecule has 2 aromatic carbocycles. The highest BCUT2D eigenvalue weighted by atomic mass is 35.5. The van der Waals surface area contributed by atoms with Gasteiger partial charge in [0.25, 0.3) is 0 Å². The molecule has 7 heteroatoms. The molecule has 0 saturated heterocycles. The van der Waals surface area contributed by atoms with E-state index in [1.54, 1.807) is 42.5 Å². The highest BCUT2D eigenvalue weighted by molar-refractivity contribution is 7.80. The molecule has 0 aliphatic carbocycles. The second-order valence-electron chi connectivity index (χ2n) is 4.18. The van der Waals surface area contributed by atoms with Gasteiger partial charge >= 0.3 is 6.03 Å². The monoisotopic (exact) mass is 339 g/mol. The van der Waals surface area contributed by atoms with Crippen LogP contribution in [0, 0.1) is 0 Å². The topological polar surface area (TPSA) is 67.1 Å². The smallest absolute Gasteiger partial charge is 0.323 e. The molecular weight excluding hydrogens is 329 g/mol. The molecule has 0 radical (unpaired) electrons. The minimum Gasteiger partial charge on any atom is -0.389 e. The zero-order valence-corrected chi connectivity index (χ0v) is 13.0. The number of urea groups is 1. The molecule has 4 nitrogen and oxygen atoms in total. The molecule has 108 valence electrons. The Balaban J connectivity index is 2.02. The third-order valence-electron chi connectivity index (χ3n) is 2.55. The SMILES string of the molecule is NC(=S)c1ccc(NC(=O)Nc2cc(Cl)cc(Cl)c2)cc1. The molecule has 0 unspecified atom stereocenters. The van der Waals surface area contributed by atoms with Crippen molar-refractivity contribution in [3.63, 3.8) is 0 Å². The first-order valence-corrected chi connectivity index (χ1v) is 7.04. The van der Waals surface area contributed by atoms with Crippen LogP contribution < -0.4 is 16.4 Å². The van der Waals surface area contributed by atoms with Crippen molar-refractivity contribution in [3.05, 3.63) is 58.1 Å². The molecule has 2 aromatic rings. The number of carbonyl (C=O) groups is 1. The van der Waals surface area contributed by atoms with E-state index in [-0.39, 0.29) is 0 Å². The lowest BCUT2D eigenvalue weighted by atomic mass is 10.2. The van der Waals surface area contributed by atoms with Crippen molar-refractivity contribution >= 4 is 57.8 Å². The zero-order valence-electron chi connectivity index (χ0n) is 10.7. The number of anilines is 2. The largest absolute Gasteiger partial charge is 0.389 e. The van der Waals surface area contributed by atoms with Gasteiger partial charge in [0.1, 0.15) is 4.99 Å². The van der Waals surface area contributed by atoms with Crippen LogP contribution in [0.1, 0.15) is 5.56 Å². The summed E-state index contributed by atoms with van der Waals surface area (Å²) in [7, 11) is 0. The van der Waals surface area contributed by atoms with Gasteiger partial charge in [0.05, 0.1) is 0 Å². The van der Waals surface area contributed by atoms with E-state index in [4.69, 9.17) is 41.2 Å². The maximum atomic E-state index is 11.9. The van der Waals surface area contributed by atoms with Crippen molar-refractivity contribution in [1.82, 2.24) is 0 Å². The Hall–Kier alpha value is -1.82. The van der Waals surface area contributed by atoms with Crippen molar-refractivity contribution < 1.29 is 4.79 Å². The molecular formula is C14H11Cl2N3OS. The number of amides is 2. The number of benzene rings is 2. The van der Waals surface area contributed by atoms with Gasteiger partial charge in [0.2, 0.25) is 0 Å². The summed E-state index contributed by atoms with van der Waals surface area (Å²) in [5, 5.41) is 6.20. The first kappa shape index (κ1) is 15.6. The highest BCUT2D eigenvalue weighted by Gasteiger charge is 2.05. The summed E-state index contributed by atoms with van der Waals surface area (Å²) in [5.74, 6) is 0. The van der Waals surface area contributed by atoms with Gasteiger partial charge in [-0.1, -0.05) is 35.4 Å². The van der Waals surface area contributed by atoms with Crippen LogP contribution in [0.15, 0.2) is 42.5 Å². The highest BCUT2D eigenvalue weighted by Crippen LogP contribution is 2.22. The molecule has 4 N–H and O–H groups in total. The number of nitrogens with two attached hydrogens (primary N) is 1. The number of nitrogens with one attached hydrogen (secondary N) is 2. The Labute approximate surface area is 137 Å². The van der Waals surface area contributed by atoms with E-state index in [1.807, 2.05) is 0 Å². The van der Waals surface area contributed by atoms with E-state index < -0.39 is 6.03 Å². The normalized spacial score (nSPS) is 10.0. The molecule has 0 heterocycles. The van der Waals surface area contributed by atoms with Gasteiger partial charge in [0.15, 0.2) is 0 Å². The summed E-state index contributed by atoms with van der Waals surface area (Å²) in [6.45, 7) is 0. The number of carbonyl (C=O) groups excluding carboxylic acids is 1. The van der Waals surface area contributed by atoms with Crippen molar-refractivity contribution in [2.45, 2.75) is 0 Å². The molecule has 0 bridgehead atoms. The molecule has 0 aliphatic rings. The quantitative estimate of drug-likeness (QED) is 0.731. The number of thiocarbonyl (C=S) groups is 1. The van der Waals surface area contributed by atoms with E-state index in [9.17, 15) is 4.79 Å². The summed E-state index contributed by atoms with van der Waals surface area (Å²) in [5.41, 5.74) is 7.35. The van der Waals surface area contributed by atoms with E-state index in [0.29, 0.717) is 26.4 Å². The van der Waals surface area contributed by atoms with E-state index in [0.717, 1.165) is 5.56 Å². The van der Waals surface area contributed by atoms with Gasteiger partial charge in [-0.25, -0.2) is 4.79 Å². The second-order valence-corrected chi connectivity index (χ2v) is 5.49. The molecule has 0 aliphatic heterocycles. The van der Waals surface area contributed by atoms with E-state index in [2.05, 4.69) is 10.6 Å². The van der Waals surface area contributed by atoms with Crippen molar-refractivity contribution in [1.29, 1.82) is 0 Å². The molecule has 0 fully saturated rings. The Kier molecular flexibility index (Phi) is 5.01. The van der Waals surface area contributed by atoms with Gasteiger partial charge in [-0.2, -0.15) is 0 Å². The van der Waals surface area contributed by atoms with Crippen LogP contribution in [0.4, 0.5) is 16.2 Å². The van der Waals surface area contributed by atoms with Crippen molar-refractivity contribution in [2.75, 3.05) is 10.6 Å². The zero-order chi connectivity index (χ0) is 15.4. The maximum absolute atomic E-state index is 11.9. The van der Waals surface area contributed by atoms with Gasteiger partial charge in [-0.05, 0) is 42.5 Å². The number of hydrogen-bond donors (Lipinski definition) is 3. The van der Waals surface area contributed by atoms with Gasteiger partial charge < -0.3 is 16.4 Å². The van der Waals surface area contributed by atoms with Crippen LogP contribution in [-0.4, -0.2) is 11.0 Å². The lowest BCUT2D eigenvalue weighted by Gasteiger charge is -2.09. The average molecular weight is 340 g/mol. The lowest BCUT2D eigenvalue weighted by Crippen LogP contribution is -2.19. The summed E-state index contributed by atoms with van der Waals surface area (Å²) in [6, 6.07) is 11.3. The fourth-order valence-electron chi connectivity index (χ4n) is 1.64. The van der Waals surface area contributed by atoms with Crippen molar-refractivity contribution in [3.8, 4) is 0 Å². The first-order chi connectivity index (χ1) is 9.94. The Morgan fingerprint density at radius 2 is 1.48 bits per heavy atom. The van der Waals surface area contributed by atoms with Crippen LogP contribution in [0.25, 0.3) is 0 Å². The maximum Gasteiger partial charge on any atom is 0.323 e. The van der Waals surface area contributed by atoms with Crippen molar-refractivity contribution in [2.24, 2.45) is 5.73 Å². The molecule has 21 heavy (non-hydrogen) atoms. The third kappa shape index (κ3) is 4.60. The summed E-state index contributed by atoms with van der Waals surface area (Å²) >= 11 is 16.6. The molecule has 0 saturated carbocycles. The summed E-state index contributed by atoms with van der Waals surface area (Å²) in [6.07, 6.45) is 0. The van der Waals surface area contributed by atoms with Crippen LogP contribution in [-0.2, 0) is 0 Å². The Morgan fingerprint density at radius 3 is 2.00 bits per heavy atom. The van der Waals surface area contributed by atoms with Crippen LogP contribution in [0.3, 0.4) is 0 Å². The van der Waals surface area contributed by atoms with Gasteiger partial charge in [0, 0.05) is 27.0 Å². The summed E-state index contributed by atoms with van der Waals surface area (Å²) in [4.78, 5) is 12.2. The fourth-order valence-corrected chi connectivity index (χ4v) is 2.30. The minimum atomic E-state index is -0.406. The van der Waals surface area contributed by atoms with Crippen LogP contribution in [0.5, 0.6) is 0 Å². The second kappa shape index (κ2) is 6.76. The molecule has 0 atom stereocenters. The molecule has 2 amide bonds. The standard InChI is InChI=1S/C14H11Cl2N3OS/c15-9-5-10(16)7-12(6-9)19-14(20)18-11-3-1-8(2-4-11)13(17)21/h1-7H,(H2,17,21)(H2,18,19,20). The number of hydrogen-bond acceptors (Lipinski definition) is 2. The van der Waals surface area contributed by atoms with E-state index in [1.165, 1.54) is 0 Å². The predicted octanol–water partition coefficient (Wildman–Crippen LogP) is 4.27. The van der Waals surface area contributed by atoms with E-state index >= 15 is 0 Å². The van der Waals surface area contributed by atoms with Gasteiger partial charge in [-0.15, -0.1) is 0 Å². The third-order valence-corrected chi connectivity index (χ3v) is 3.22. The predicted molar refractivity (Wildman–Crippen MR) is 91.4 cm³/mol. The fraction of sp³-hybridized carbons (Fsp3) is 0. The molecule has 2 rings (SSSR count). The minimum absolute atomic E-state index is 0.305. The molecule has 0 spiro atoms.